The van der Waals surface area contributed by atoms with E-state index in [0.29, 0.717) is 0 Å². The van der Waals surface area contributed by atoms with Gasteiger partial charge in [-0.15, -0.1) is 0 Å². The fraction of sp³-hybridized carbons (Fsp3) is 0.222. The summed E-state index contributed by atoms with van der Waals surface area (Å²) in [4.78, 5) is 4.39. The monoisotopic (exact) mass is 224 g/mol. The average molecular weight is 225 g/mol. The molecule has 0 aromatic carbocycles. The lowest BCUT2D eigenvalue weighted by atomic mass is 10.3. The third-order valence-electron chi connectivity index (χ3n) is 1.88. The van der Waals surface area contributed by atoms with Crippen molar-refractivity contribution in [2.75, 3.05) is 0 Å². The second-order valence-corrected chi connectivity index (χ2v) is 3.72. The van der Waals surface area contributed by atoms with Crippen LogP contribution in [0.5, 0.6) is 0 Å². The maximum Gasteiger partial charge on any atom is 0.151 e. The highest BCUT2D eigenvalue weighted by molar-refractivity contribution is 9.10. The van der Waals surface area contributed by atoms with Gasteiger partial charge < -0.3 is 4.40 Å². The summed E-state index contributed by atoms with van der Waals surface area (Å²) >= 11 is 3.51. The van der Waals surface area contributed by atoms with Gasteiger partial charge in [-0.05, 0) is 41.4 Å². The normalized spacial score (nSPS) is 10.9. The van der Waals surface area contributed by atoms with Crippen molar-refractivity contribution in [1.82, 2.24) is 9.38 Å². The number of imidazole rings is 1. The van der Waals surface area contributed by atoms with Gasteiger partial charge in [0.2, 0.25) is 0 Å². The Morgan fingerprint density at radius 1 is 1.42 bits per heavy atom. The molecule has 0 spiro atoms. The molecule has 12 heavy (non-hydrogen) atoms. The van der Waals surface area contributed by atoms with Crippen molar-refractivity contribution in [3.8, 4) is 0 Å². The third-order valence-corrected chi connectivity index (χ3v) is 2.86. The Hall–Kier alpha value is -0.830. The van der Waals surface area contributed by atoms with E-state index in [-0.39, 0.29) is 0 Å². The molecule has 0 bridgehead atoms. The molecular formula is C9H9BrN2. The zero-order chi connectivity index (χ0) is 8.72. The van der Waals surface area contributed by atoms with E-state index in [4.69, 9.17) is 0 Å². The van der Waals surface area contributed by atoms with Crippen LogP contribution in [0.4, 0.5) is 0 Å². The number of halogens is 1. The molecule has 0 fully saturated rings. The Morgan fingerprint density at radius 3 is 2.92 bits per heavy atom. The smallest absolute Gasteiger partial charge is 0.151 e. The predicted molar refractivity (Wildman–Crippen MR) is 52.4 cm³/mol. The number of pyridine rings is 1. The minimum absolute atomic E-state index is 0.993. The van der Waals surface area contributed by atoms with Crippen LogP contribution in [0.15, 0.2) is 22.9 Å². The van der Waals surface area contributed by atoms with E-state index in [1.165, 1.54) is 5.56 Å². The molecule has 0 aliphatic rings. The summed E-state index contributed by atoms with van der Waals surface area (Å²) in [6.45, 7) is 4.06. The summed E-state index contributed by atoms with van der Waals surface area (Å²) < 4.78 is 3.10. The second kappa shape index (κ2) is 2.59. The van der Waals surface area contributed by atoms with Gasteiger partial charge in [0.05, 0.1) is 10.2 Å². The summed E-state index contributed by atoms with van der Waals surface area (Å²) in [5.41, 5.74) is 3.25. The van der Waals surface area contributed by atoms with Gasteiger partial charge in [-0.25, -0.2) is 4.98 Å². The van der Waals surface area contributed by atoms with E-state index in [1.807, 2.05) is 23.7 Å². The lowest BCUT2D eigenvalue weighted by Gasteiger charge is -1.98. The van der Waals surface area contributed by atoms with Crippen molar-refractivity contribution < 1.29 is 0 Å². The van der Waals surface area contributed by atoms with Crippen LogP contribution in [0, 0.1) is 13.8 Å². The Bertz CT molecular complexity index is 431. The summed E-state index contributed by atoms with van der Waals surface area (Å²) in [6.07, 6.45) is 4.04. The van der Waals surface area contributed by atoms with Gasteiger partial charge in [0.25, 0.3) is 0 Å². The predicted octanol–water partition coefficient (Wildman–Crippen LogP) is 2.71. The van der Waals surface area contributed by atoms with Gasteiger partial charge >= 0.3 is 0 Å². The van der Waals surface area contributed by atoms with E-state index in [0.717, 1.165) is 15.8 Å². The van der Waals surface area contributed by atoms with Crippen LogP contribution in [0.3, 0.4) is 0 Å². The molecule has 2 aromatic rings. The number of hydrogen-bond acceptors (Lipinski definition) is 1. The van der Waals surface area contributed by atoms with Gasteiger partial charge in [-0.1, -0.05) is 0 Å². The molecule has 0 aliphatic heterocycles. The van der Waals surface area contributed by atoms with Crippen molar-refractivity contribution in [1.29, 1.82) is 0 Å². The number of hydrogen-bond donors (Lipinski definition) is 0. The molecule has 0 unspecified atom stereocenters. The fourth-order valence-corrected chi connectivity index (χ4v) is 1.66. The standard InChI is InChI=1S/C9H9BrN2/c1-6-3-4-12-5-7(2)11-9(12)8(6)10/h3-5H,1-2H3. The Morgan fingerprint density at radius 2 is 2.17 bits per heavy atom. The van der Waals surface area contributed by atoms with Crippen molar-refractivity contribution >= 4 is 21.6 Å². The van der Waals surface area contributed by atoms with E-state index in [9.17, 15) is 0 Å². The highest BCUT2D eigenvalue weighted by Crippen LogP contribution is 2.21. The molecule has 0 saturated heterocycles. The van der Waals surface area contributed by atoms with Crippen LogP contribution >= 0.6 is 15.9 Å². The van der Waals surface area contributed by atoms with Gasteiger partial charge in [0.1, 0.15) is 0 Å². The lowest BCUT2D eigenvalue weighted by molar-refractivity contribution is 1.16. The largest absolute Gasteiger partial charge is 0.306 e. The summed E-state index contributed by atoms with van der Waals surface area (Å²) in [7, 11) is 0. The molecule has 0 saturated carbocycles. The molecule has 2 heterocycles. The molecule has 2 nitrogen and oxygen atoms in total. The van der Waals surface area contributed by atoms with Gasteiger partial charge in [-0.2, -0.15) is 0 Å². The quantitative estimate of drug-likeness (QED) is 0.673. The van der Waals surface area contributed by atoms with Crippen molar-refractivity contribution in [3.63, 3.8) is 0 Å². The van der Waals surface area contributed by atoms with Crippen LogP contribution in [0.1, 0.15) is 11.3 Å². The van der Waals surface area contributed by atoms with Crippen LogP contribution in [-0.4, -0.2) is 9.38 Å². The zero-order valence-electron chi connectivity index (χ0n) is 7.00. The molecule has 0 amide bonds. The maximum absolute atomic E-state index is 4.39. The molecule has 0 radical (unpaired) electrons. The number of aromatic nitrogens is 2. The average Bonchev–Trinajstić information content (AvgIpc) is 2.39. The molecule has 2 rings (SSSR count). The molecule has 62 valence electrons. The van der Waals surface area contributed by atoms with Crippen molar-refractivity contribution in [2.45, 2.75) is 13.8 Å². The van der Waals surface area contributed by atoms with Gasteiger partial charge in [0, 0.05) is 12.4 Å². The minimum Gasteiger partial charge on any atom is -0.306 e. The maximum atomic E-state index is 4.39. The number of rotatable bonds is 0. The first-order valence-corrected chi connectivity index (χ1v) is 4.58. The highest BCUT2D eigenvalue weighted by atomic mass is 79.9. The molecule has 0 aliphatic carbocycles. The Balaban J connectivity index is 2.89. The SMILES string of the molecule is Cc1cn2ccc(C)c(Br)c2n1. The second-order valence-electron chi connectivity index (χ2n) is 2.93. The Kier molecular flexibility index (Phi) is 1.68. The van der Waals surface area contributed by atoms with E-state index in [2.05, 4.69) is 33.9 Å². The number of fused-ring (bicyclic) bond motifs is 1. The van der Waals surface area contributed by atoms with Crippen LogP contribution < -0.4 is 0 Å². The molecule has 0 N–H and O–H groups in total. The van der Waals surface area contributed by atoms with Gasteiger partial charge in [0.15, 0.2) is 5.65 Å². The minimum atomic E-state index is 0.993. The van der Waals surface area contributed by atoms with E-state index in [1.54, 1.807) is 0 Å². The third kappa shape index (κ3) is 1.05. The van der Waals surface area contributed by atoms with Crippen molar-refractivity contribution in [3.05, 3.63) is 34.2 Å². The molecular weight excluding hydrogens is 216 g/mol. The first kappa shape index (κ1) is 7.80. The number of nitrogens with zero attached hydrogens (tertiary/aromatic N) is 2. The summed E-state index contributed by atoms with van der Waals surface area (Å²) in [5, 5.41) is 0. The summed E-state index contributed by atoms with van der Waals surface area (Å²) in [5.74, 6) is 0. The summed E-state index contributed by atoms with van der Waals surface area (Å²) in [6, 6.07) is 2.07. The first-order chi connectivity index (χ1) is 5.68. The molecule has 0 atom stereocenters. The lowest BCUT2D eigenvalue weighted by Crippen LogP contribution is -1.85. The zero-order valence-corrected chi connectivity index (χ0v) is 8.59. The van der Waals surface area contributed by atoms with Crippen LogP contribution in [0.25, 0.3) is 5.65 Å². The fourth-order valence-electron chi connectivity index (χ4n) is 1.23. The van der Waals surface area contributed by atoms with Crippen LogP contribution in [0.2, 0.25) is 0 Å². The van der Waals surface area contributed by atoms with E-state index >= 15 is 0 Å². The van der Waals surface area contributed by atoms with Gasteiger partial charge in [-0.3, -0.25) is 0 Å². The van der Waals surface area contributed by atoms with Crippen LogP contribution in [-0.2, 0) is 0 Å². The first-order valence-electron chi connectivity index (χ1n) is 3.79. The topological polar surface area (TPSA) is 17.3 Å². The molecule has 3 heteroatoms. The van der Waals surface area contributed by atoms with E-state index < -0.39 is 0 Å². The highest BCUT2D eigenvalue weighted by Gasteiger charge is 2.03. The van der Waals surface area contributed by atoms with Crippen molar-refractivity contribution in [2.24, 2.45) is 0 Å². The Labute approximate surface area is 79.4 Å². The molecule has 2 aromatic heterocycles. The number of aryl methyl sites for hydroxylation is 2.